The molecule has 16 heavy (non-hydrogen) atoms. The Bertz CT molecular complexity index is 317. The molecule has 0 bridgehead atoms. The molecule has 1 unspecified atom stereocenters. The molecule has 2 nitrogen and oxygen atoms in total. The minimum Gasteiger partial charge on any atom is -0.303 e. The number of thiazole rings is 1. The van der Waals surface area contributed by atoms with Gasteiger partial charge in [-0.3, -0.25) is 0 Å². The van der Waals surface area contributed by atoms with E-state index in [2.05, 4.69) is 50.3 Å². The van der Waals surface area contributed by atoms with Crippen molar-refractivity contribution in [2.75, 3.05) is 0 Å². The van der Waals surface area contributed by atoms with Crippen LogP contribution in [-0.4, -0.2) is 11.0 Å². The molecular weight excluding hydrogens is 216 g/mol. The number of hydrogen-bond donors (Lipinski definition) is 1. The van der Waals surface area contributed by atoms with Crippen LogP contribution < -0.4 is 5.32 Å². The molecule has 0 saturated heterocycles. The van der Waals surface area contributed by atoms with Crippen LogP contribution >= 0.6 is 11.3 Å². The number of nitrogens with zero attached hydrogens (tertiary/aromatic N) is 1. The Balaban J connectivity index is 2.84. The summed E-state index contributed by atoms with van der Waals surface area (Å²) in [6.45, 7) is 11.0. The summed E-state index contributed by atoms with van der Waals surface area (Å²) in [5, 5.41) is 7.12. The predicted molar refractivity (Wildman–Crippen MR) is 72.0 cm³/mol. The summed E-state index contributed by atoms with van der Waals surface area (Å²) in [4.78, 5) is 4.63. The lowest BCUT2D eigenvalue weighted by molar-refractivity contribution is 0.292. The lowest BCUT2D eigenvalue weighted by Crippen LogP contribution is -2.45. The van der Waals surface area contributed by atoms with Gasteiger partial charge < -0.3 is 5.32 Å². The van der Waals surface area contributed by atoms with Crippen LogP contribution in [0.3, 0.4) is 0 Å². The summed E-state index contributed by atoms with van der Waals surface area (Å²) in [5.74, 6) is 0. The van der Waals surface area contributed by atoms with E-state index in [1.54, 1.807) is 11.3 Å². The first kappa shape index (κ1) is 13.7. The van der Waals surface area contributed by atoms with Gasteiger partial charge in [0.25, 0.3) is 0 Å². The average Bonchev–Trinajstić information content (AvgIpc) is 2.73. The summed E-state index contributed by atoms with van der Waals surface area (Å²) in [6.07, 6.45) is 3.43. The molecular formula is C13H24N2S. The molecule has 1 N–H and O–H groups in total. The van der Waals surface area contributed by atoms with Crippen molar-refractivity contribution in [3.05, 3.63) is 16.1 Å². The maximum atomic E-state index is 4.63. The van der Waals surface area contributed by atoms with E-state index < -0.39 is 0 Å². The second-order valence-corrected chi connectivity index (χ2v) is 5.50. The van der Waals surface area contributed by atoms with Gasteiger partial charge in [-0.2, -0.15) is 0 Å². The van der Waals surface area contributed by atoms with Gasteiger partial charge in [0.15, 0.2) is 0 Å². The van der Waals surface area contributed by atoms with Gasteiger partial charge in [0, 0.05) is 17.1 Å². The fraction of sp³-hybridized carbons (Fsp3) is 0.769. The lowest BCUT2D eigenvalue weighted by Gasteiger charge is -2.32. The molecule has 0 aliphatic heterocycles. The standard InChI is InChI=1S/C13H24N2S/c1-6-11(7-2)15-13(5,8-3)12-14-10(4)9-16-12/h9,11,15H,6-8H2,1-5H3. The smallest absolute Gasteiger partial charge is 0.113 e. The second kappa shape index (κ2) is 5.78. The van der Waals surface area contributed by atoms with Crippen LogP contribution in [0.5, 0.6) is 0 Å². The third-order valence-electron chi connectivity index (χ3n) is 3.31. The summed E-state index contributed by atoms with van der Waals surface area (Å²) in [7, 11) is 0. The molecule has 3 heteroatoms. The molecule has 1 aromatic heterocycles. The first-order chi connectivity index (χ1) is 7.55. The third-order valence-corrected chi connectivity index (χ3v) is 4.53. The highest BCUT2D eigenvalue weighted by atomic mass is 32.1. The molecule has 0 aromatic carbocycles. The van der Waals surface area contributed by atoms with Crippen molar-refractivity contribution in [3.63, 3.8) is 0 Å². The molecule has 1 atom stereocenters. The fourth-order valence-electron chi connectivity index (χ4n) is 1.87. The zero-order valence-corrected chi connectivity index (χ0v) is 11.9. The quantitative estimate of drug-likeness (QED) is 0.817. The van der Waals surface area contributed by atoms with Crippen molar-refractivity contribution in [1.29, 1.82) is 0 Å². The van der Waals surface area contributed by atoms with Crippen LogP contribution in [0.1, 0.15) is 57.7 Å². The van der Waals surface area contributed by atoms with Crippen molar-refractivity contribution in [2.45, 2.75) is 65.5 Å². The maximum Gasteiger partial charge on any atom is 0.113 e. The molecule has 1 rings (SSSR count). The van der Waals surface area contributed by atoms with Crippen LogP contribution in [0, 0.1) is 6.92 Å². The van der Waals surface area contributed by atoms with Gasteiger partial charge in [-0.1, -0.05) is 20.8 Å². The first-order valence-corrected chi connectivity index (χ1v) is 7.14. The van der Waals surface area contributed by atoms with E-state index in [-0.39, 0.29) is 5.54 Å². The number of hydrogen-bond acceptors (Lipinski definition) is 3. The Hall–Kier alpha value is -0.410. The second-order valence-electron chi connectivity index (χ2n) is 4.64. The predicted octanol–water partition coefficient (Wildman–Crippen LogP) is 3.85. The van der Waals surface area contributed by atoms with Gasteiger partial charge >= 0.3 is 0 Å². The highest BCUT2D eigenvalue weighted by Crippen LogP contribution is 2.28. The van der Waals surface area contributed by atoms with Crippen molar-refractivity contribution < 1.29 is 0 Å². The molecule has 1 aromatic rings. The molecule has 0 radical (unpaired) electrons. The van der Waals surface area contributed by atoms with E-state index in [1.807, 2.05) is 0 Å². The average molecular weight is 240 g/mol. The molecule has 0 aliphatic rings. The van der Waals surface area contributed by atoms with Gasteiger partial charge in [0.1, 0.15) is 5.01 Å². The van der Waals surface area contributed by atoms with Gasteiger partial charge in [0.05, 0.1) is 5.54 Å². The van der Waals surface area contributed by atoms with Crippen molar-refractivity contribution in [1.82, 2.24) is 10.3 Å². The first-order valence-electron chi connectivity index (χ1n) is 6.26. The molecule has 0 spiro atoms. The Kier molecular flexibility index (Phi) is 4.93. The summed E-state index contributed by atoms with van der Waals surface area (Å²) in [5.41, 5.74) is 1.17. The van der Waals surface area contributed by atoms with Crippen molar-refractivity contribution >= 4 is 11.3 Å². The maximum absolute atomic E-state index is 4.63. The van der Waals surface area contributed by atoms with Crippen LogP contribution in [0.4, 0.5) is 0 Å². The number of rotatable bonds is 6. The minimum absolute atomic E-state index is 0.0373. The molecule has 1 heterocycles. The fourth-order valence-corrected chi connectivity index (χ4v) is 2.86. The van der Waals surface area contributed by atoms with Gasteiger partial charge in [-0.15, -0.1) is 11.3 Å². The molecule has 0 amide bonds. The topological polar surface area (TPSA) is 24.9 Å². The molecule has 92 valence electrons. The van der Waals surface area contributed by atoms with Gasteiger partial charge in [0.2, 0.25) is 0 Å². The Morgan fingerprint density at radius 1 is 1.38 bits per heavy atom. The summed E-state index contributed by atoms with van der Waals surface area (Å²) < 4.78 is 0. The summed E-state index contributed by atoms with van der Waals surface area (Å²) >= 11 is 1.77. The summed E-state index contributed by atoms with van der Waals surface area (Å²) in [6, 6.07) is 0.592. The van der Waals surface area contributed by atoms with E-state index in [0.717, 1.165) is 12.1 Å². The van der Waals surface area contributed by atoms with Crippen LogP contribution in [0.25, 0.3) is 0 Å². The zero-order chi connectivity index (χ0) is 12.2. The van der Waals surface area contributed by atoms with Gasteiger partial charge in [-0.05, 0) is 33.1 Å². The largest absolute Gasteiger partial charge is 0.303 e. The van der Waals surface area contributed by atoms with Gasteiger partial charge in [-0.25, -0.2) is 4.98 Å². The van der Waals surface area contributed by atoms with E-state index >= 15 is 0 Å². The SMILES string of the molecule is CCC(CC)NC(C)(CC)c1nc(C)cs1. The molecule has 0 saturated carbocycles. The van der Waals surface area contributed by atoms with E-state index in [9.17, 15) is 0 Å². The van der Waals surface area contributed by atoms with Crippen molar-refractivity contribution in [3.8, 4) is 0 Å². The Morgan fingerprint density at radius 2 is 2.00 bits per heavy atom. The van der Waals surface area contributed by atoms with Crippen molar-refractivity contribution in [2.24, 2.45) is 0 Å². The van der Waals surface area contributed by atoms with E-state index in [4.69, 9.17) is 0 Å². The number of aromatic nitrogens is 1. The van der Waals surface area contributed by atoms with Crippen LogP contribution in [0.2, 0.25) is 0 Å². The van der Waals surface area contributed by atoms with Crippen LogP contribution in [-0.2, 0) is 5.54 Å². The normalized spacial score (nSPS) is 15.4. The van der Waals surface area contributed by atoms with E-state index in [1.165, 1.54) is 17.8 Å². The Labute approximate surface area is 103 Å². The highest BCUT2D eigenvalue weighted by molar-refractivity contribution is 7.09. The molecule has 0 aliphatic carbocycles. The minimum atomic E-state index is 0.0373. The third kappa shape index (κ3) is 3.05. The zero-order valence-electron chi connectivity index (χ0n) is 11.1. The molecule has 0 fully saturated rings. The number of aryl methyl sites for hydroxylation is 1. The highest BCUT2D eigenvalue weighted by Gasteiger charge is 2.29. The number of nitrogens with one attached hydrogen (secondary N) is 1. The van der Waals surface area contributed by atoms with Crippen LogP contribution in [0.15, 0.2) is 5.38 Å². The lowest BCUT2D eigenvalue weighted by atomic mass is 9.97. The monoisotopic (exact) mass is 240 g/mol. The van der Waals surface area contributed by atoms with E-state index in [0.29, 0.717) is 6.04 Å². The Morgan fingerprint density at radius 3 is 2.38 bits per heavy atom.